The monoisotopic (exact) mass is 299 g/mol. The molecule has 0 spiro atoms. The number of benzene rings is 1. The first-order chi connectivity index (χ1) is 7.90. The molecule has 4 heteroatoms. The summed E-state index contributed by atoms with van der Waals surface area (Å²) in [6.07, 6.45) is 0.212. The number of carbonyl (C=O) groups excluding carboxylic acids is 1. The summed E-state index contributed by atoms with van der Waals surface area (Å²) in [6.45, 7) is 4.24. The number of hydrogen-bond acceptors (Lipinski definition) is 2. The van der Waals surface area contributed by atoms with E-state index >= 15 is 0 Å². The minimum Gasteiger partial charge on any atom is -0.393 e. The van der Waals surface area contributed by atoms with Crippen molar-refractivity contribution in [2.75, 3.05) is 13.6 Å². The molecule has 0 aliphatic carbocycles. The molecule has 1 N–H and O–H groups in total. The first kappa shape index (κ1) is 14.2. The van der Waals surface area contributed by atoms with E-state index in [9.17, 15) is 9.90 Å². The van der Waals surface area contributed by atoms with Crippen LogP contribution in [0.25, 0.3) is 0 Å². The number of aliphatic hydroxyl groups excluding tert-OH is 1. The molecular weight excluding hydrogens is 282 g/mol. The van der Waals surface area contributed by atoms with E-state index in [1.165, 1.54) is 0 Å². The molecule has 0 aliphatic rings. The standard InChI is InChI=1S/C13H18BrNO2/c1-9-6-11(8-12(14)7-9)13(17)15(3)5-4-10(2)16/h6-8,10,16H,4-5H2,1-3H3. The highest BCUT2D eigenvalue weighted by atomic mass is 79.9. The Kier molecular flexibility index (Phi) is 5.15. The van der Waals surface area contributed by atoms with Crippen LogP contribution in [0.3, 0.4) is 0 Å². The summed E-state index contributed by atoms with van der Waals surface area (Å²) in [5, 5.41) is 9.20. The molecule has 0 radical (unpaired) electrons. The quantitative estimate of drug-likeness (QED) is 0.928. The molecule has 3 nitrogen and oxygen atoms in total. The van der Waals surface area contributed by atoms with Gasteiger partial charge in [-0.05, 0) is 44.0 Å². The number of amides is 1. The largest absolute Gasteiger partial charge is 0.393 e. The number of rotatable bonds is 4. The van der Waals surface area contributed by atoms with Crippen LogP contribution in [-0.4, -0.2) is 35.6 Å². The van der Waals surface area contributed by atoms with Crippen LogP contribution >= 0.6 is 15.9 Å². The van der Waals surface area contributed by atoms with Crippen molar-refractivity contribution in [3.8, 4) is 0 Å². The number of carbonyl (C=O) groups is 1. The molecule has 0 saturated carbocycles. The van der Waals surface area contributed by atoms with E-state index in [0.717, 1.165) is 10.0 Å². The van der Waals surface area contributed by atoms with E-state index in [1.54, 1.807) is 18.9 Å². The van der Waals surface area contributed by atoms with Gasteiger partial charge in [0.15, 0.2) is 0 Å². The predicted molar refractivity (Wildman–Crippen MR) is 72.1 cm³/mol. The van der Waals surface area contributed by atoms with Crippen molar-refractivity contribution in [3.05, 3.63) is 33.8 Å². The molecule has 0 bridgehead atoms. The Bertz CT molecular complexity index is 384. The second-order valence-corrected chi connectivity index (χ2v) is 5.30. The van der Waals surface area contributed by atoms with Crippen LogP contribution in [0.1, 0.15) is 29.3 Å². The lowest BCUT2D eigenvalue weighted by Gasteiger charge is -2.18. The van der Waals surface area contributed by atoms with E-state index in [2.05, 4.69) is 15.9 Å². The Morgan fingerprint density at radius 2 is 2.12 bits per heavy atom. The summed E-state index contributed by atoms with van der Waals surface area (Å²) in [7, 11) is 1.75. The van der Waals surface area contributed by atoms with E-state index in [0.29, 0.717) is 18.5 Å². The fourth-order valence-corrected chi connectivity index (χ4v) is 2.17. The second kappa shape index (κ2) is 6.17. The maximum absolute atomic E-state index is 12.1. The van der Waals surface area contributed by atoms with Gasteiger partial charge in [-0.3, -0.25) is 4.79 Å². The van der Waals surface area contributed by atoms with Gasteiger partial charge in [0.25, 0.3) is 5.91 Å². The van der Waals surface area contributed by atoms with Crippen LogP contribution in [0.2, 0.25) is 0 Å². The summed E-state index contributed by atoms with van der Waals surface area (Å²) < 4.78 is 0.907. The van der Waals surface area contributed by atoms with Crippen molar-refractivity contribution >= 4 is 21.8 Å². The normalized spacial score (nSPS) is 12.3. The lowest BCUT2D eigenvalue weighted by Crippen LogP contribution is -2.29. The van der Waals surface area contributed by atoms with E-state index in [-0.39, 0.29) is 12.0 Å². The maximum Gasteiger partial charge on any atom is 0.253 e. The number of halogens is 1. The zero-order valence-electron chi connectivity index (χ0n) is 10.4. The van der Waals surface area contributed by atoms with Crippen molar-refractivity contribution < 1.29 is 9.90 Å². The summed E-state index contributed by atoms with van der Waals surface area (Å²) in [5.41, 5.74) is 1.72. The topological polar surface area (TPSA) is 40.5 Å². The third kappa shape index (κ3) is 4.48. The van der Waals surface area contributed by atoms with Crippen LogP contribution in [0, 0.1) is 6.92 Å². The van der Waals surface area contributed by atoms with E-state index < -0.39 is 0 Å². The average molecular weight is 300 g/mol. The van der Waals surface area contributed by atoms with Crippen molar-refractivity contribution in [3.63, 3.8) is 0 Å². The van der Waals surface area contributed by atoms with Crippen molar-refractivity contribution in [1.29, 1.82) is 0 Å². The minimum atomic E-state index is -0.380. The Balaban J connectivity index is 2.74. The average Bonchev–Trinajstić information content (AvgIpc) is 2.23. The number of hydrogen-bond donors (Lipinski definition) is 1. The Morgan fingerprint density at radius 1 is 1.47 bits per heavy atom. The van der Waals surface area contributed by atoms with E-state index in [1.807, 2.05) is 25.1 Å². The Morgan fingerprint density at radius 3 is 2.65 bits per heavy atom. The molecule has 1 aromatic rings. The number of aliphatic hydroxyl groups is 1. The smallest absolute Gasteiger partial charge is 0.253 e. The van der Waals surface area contributed by atoms with Gasteiger partial charge < -0.3 is 10.0 Å². The number of nitrogens with zero attached hydrogens (tertiary/aromatic N) is 1. The van der Waals surface area contributed by atoms with Crippen LogP contribution in [0.15, 0.2) is 22.7 Å². The van der Waals surface area contributed by atoms with Crippen LogP contribution in [0.5, 0.6) is 0 Å². The Labute approximate surface area is 111 Å². The molecule has 0 heterocycles. The molecule has 1 aromatic carbocycles. The molecule has 1 amide bonds. The van der Waals surface area contributed by atoms with Crippen LogP contribution < -0.4 is 0 Å². The Hall–Kier alpha value is -0.870. The van der Waals surface area contributed by atoms with Gasteiger partial charge in [0, 0.05) is 23.6 Å². The highest BCUT2D eigenvalue weighted by Crippen LogP contribution is 2.16. The van der Waals surface area contributed by atoms with Gasteiger partial charge >= 0.3 is 0 Å². The first-order valence-corrected chi connectivity index (χ1v) is 6.40. The van der Waals surface area contributed by atoms with Gasteiger partial charge in [0.1, 0.15) is 0 Å². The van der Waals surface area contributed by atoms with Gasteiger partial charge in [-0.15, -0.1) is 0 Å². The predicted octanol–water partition coefficient (Wildman–Crippen LogP) is 2.60. The summed E-state index contributed by atoms with van der Waals surface area (Å²) >= 11 is 3.38. The highest BCUT2D eigenvalue weighted by molar-refractivity contribution is 9.10. The van der Waals surface area contributed by atoms with Gasteiger partial charge in [-0.25, -0.2) is 0 Å². The number of aryl methyl sites for hydroxylation is 1. The molecule has 0 fully saturated rings. The van der Waals surface area contributed by atoms with Gasteiger partial charge in [-0.1, -0.05) is 15.9 Å². The molecule has 1 unspecified atom stereocenters. The molecule has 0 saturated heterocycles. The third-order valence-corrected chi connectivity index (χ3v) is 2.98. The van der Waals surface area contributed by atoms with Gasteiger partial charge in [-0.2, -0.15) is 0 Å². The molecule has 1 rings (SSSR count). The highest BCUT2D eigenvalue weighted by Gasteiger charge is 2.12. The molecule has 0 aliphatic heterocycles. The lowest BCUT2D eigenvalue weighted by molar-refractivity contribution is 0.0769. The molecule has 94 valence electrons. The fraction of sp³-hybridized carbons (Fsp3) is 0.462. The van der Waals surface area contributed by atoms with Gasteiger partial charge in [0.05, 0.1) is 6.10 Å². The molecule has 17 heavy (non-hydrogen) atoms. The lowest BCUT2D eigenvalue weighted by atomic mass is 10.1. The molecular formula is C13H18BrNO2. The molecule has 1 atom stereocenters. The second-order valence-electron chi connectivity index (χ2n) is 4.38. The summed E-state index contributed by atoms with van der Waals surface area (Å²) in [5.74, 6) is -0.0185. The van der Waals surface area contributed by atoms with E-state index in [4.69, 9.17) is 0 Å². The summed E-state index contributed by atoms with van der Waals surface area (Å²) in [4.78, 5) is 13.7. The zero-order valence-corrected chi connectivity index (χ0v) is 12.0. The third-order valence-electron chi connectivity index (χ3n) is 2.52. The maximum atomic E-state index is 12.1. The molecule has 0 aromatic heterocycles. The first-order valence-electron chi connectivity index (χ1n) is 5.61. The zero-order chi connectivity index (χ0) is 13.0. The van der Waals surface area contributed by atoms with Crippen LogP contribution in [-0.2, 0) is 0 Å². The van der Waals surface area contributed by atoms with Gasteiger partial charge in [0.2, 0.25) is 0 Å². The van der Waals surface area contributed by atoms with Crippen molar-refractivity contribution in [2.45, 2.75) is 26.4 Å². The minimum absolute atomic E-state index is 0.0185. The van der Waals surface area contributed by atoms with Crippen molar-refractivity contribution in [2.24, 2.45) is 0 Å². The fourth-order valence-electron chi connectivity index (χ4n) is 1.56. The van der Waals surface area contributed by atoms with Crippen LogP contribution in [0.4, 0.5) is 0 Å². The van der Waals surface area contributed by atoms with Crippen molar-refractivity contribution in [1.82, 2.24) is 4.90 Å². The SMILES string of the molecule is Cc1cc(Br)cc(C(=O)N(C)CCC(C)O)c1. The summed E-state index contributed by atoms with van der Waals surface area (Å²) in [6, 6.07) is 5.65.